The highest BCUT2D eigenvalue weighted by Gasteiger charge is 2.20. The Kier molecular flexibility index (Phi) is 6.89. The van der Waals surface area contributed by atoms with E-state index in [0.717, 1.165) is 18.1 Å². The molecule has 0 spiro atoms. The maximum absolute atomic E-state index is 13.6. The standard InChI is InChI=1S/C21H24FNO3/c1-4-16(17-8-6-5-7-9-17)13-23-20(24)15(3)26-21(25)18-11-10-14(2)19(22)12-18/h5-12,15-16H,4,13H2,1-3H3,(H,23,24)/t15-,16+/m1/s1. The molecule has 0 aliphatic carbocycles. The summed E-state index contributed by atoms with van der Waals surface area (Å²) < 4.78 is 18.7. The van der Waals surface area contributed by atoms with Crippen LogP contribution in [0, 0.1) is 12.7 Å². The van der Waals surface area contributed by atoms with Gasteiger partial charge in [-0.3, -0.25) is 4.79 Å². The van der Waals surface area contributed by atoms with Crippen LogP contribution in [0.25, 0.3) is 0 Å². The lowest BCUT2D eigenvalue weighted by molar-refractivity contribution is -0.129. The van der Waals surface area contributed by atoms with Gasteiger partial charge in [-0.2, -0.15) is 0 Å². The van der Waals surface area contributed by atoms with E-state index in [-0.39, 0.29) is 17.4 Å². The molecule has 5 heteroatoms. The lowest BCUT2D eigenvalue weighted by Gasteiger charge is -2.18. The molecular weight excluding hydrogens is 333 g/mol. The Morgan fingerprint density at radius 3 is 2.46 bits per heavy atom. The molecule has 0 aromatic heterocycles. The molecule has 2 aromatic rings. The van der Waals surface area contributed by atoms with Crippen molar-refractivity contribution >= 4 is 11.9 Å². The van der Waals surface area contributed by atoms with E-state index in [1.807, 2.05) is 30.3 Å². The van der Waals surface area contributed by atoms with Crippen molar-refractivity contribution in [3.8, 4) is 0 Å². The third-order valence-corrected chi connectivity index (χ3v) is 4.35. The quantitative estimate of drug-likeness (QED) is 0.763. The third kappa shape index (κ3) is 5.15. The largest absolute Gasteiger partial charge is 0.449 e. The van der Waals surface area contributed by atoms with Gasteiger partial charge in [-0.25, -0.2) is 9.18 Å². The van der Waals surface area contributed by atoms with Gasteiger partial charge in [0.1, 0.15) is 5.82 Å². The molecule has 26 heavy (non-hydrogen) atoms. The van der Waals surface area contributed by atoms with Crippen molar-refractivity contribution in [2.45, 2.75) is 39.2 Å². The molecule has 4 nitrogen and oxygen atoms in total. The molecule has 138 valence electrons. The monoisotopic (exact) mass is 357 g/mol. The second-order valence-electron chi connectivity index (χ2n) is 6.27. The first-order chi connectivity index (χ1) is 12.4. The van der Waals surface area contributed by atoms with Crippen LogP contribution in [-0.4, -0.2) is 24.5 Å². The number of carbonyl (C=O) groups excluding carboxylic acids is 2. The molecule has 2 aromatic carbocycles. The minimum Gasteiger partial charge on any atom is -0.449 e. The van der Waals surface area contributed by atoms with Crippen molar-refractivity contribution in [3.63, 3.8) is 0 Å². The predicted molar refractivity (Wildman–Crippen MR) is 98.5 cm³/mol. The lowest BCUT2D eigenvalue weighted by atomic mass is 9.96. The van der Waals surface area contributed by atoms with Crippen molar-refractivity contribution in [1.29, 1.82) is 0 Å². The second-order valence-corrected chi connectivity index (χ2v) is 6.27. The number of benzene rings is 2. The van der Waals surface area contributed by atoms with Gasteiger partial charge in [0.2, 0.25) is 0 Å². The molecule has 0 saturated heterocycles. The minimum absolute atomic E-state index is 0.0865. The SMILES string of the molecule is CC[C@@H](CNC(=O)[C@@H](C)OC(=O)c1ccc(C)c(F)c1)c1ccccc1. The number of nitrogens with one attached hydrogen (secondary N) is 1. The van der Waals surface area contributed by atoms with Crippen LogP contribution in [0.5, 0.6) is 0 Å². The Bertz CT molecular complexity index is 761. The van der Waals surface area contributed by atoms with Crippen LogP contribution in [0.15, 0.2) is 48.5 Å². The summed E-state index contributed by atoms with van der Waals surface area (Å²) >= 11 is 0. The van der Waals surface area contributed by atoms with Crippen molar-refractivity contribution in [2.24, 2.45) is 0 Å². The first-order valence-corrected chi connectivity index (χ1v) is 8.72. The maximum atomic E-state index is 13.6. The molecule has 0 heterocycles. The fourth-order valence-electron chi connectivity index (χ4n) is 2.59. The van der Waals surface area contributed by atoms with Crippen LogP contribution >= 0.6 is 0 Å². The van der Waals surface area contributed by atoms with Crippen LogP contribution in [0.4, 0.5) is 4.39 Å². The number of rotatable bonds is 7. The molecule has 0 aliphatic heterocycles. The van der Waals surface area contributed by atoms with E-state index in [2.05, 4.69) is 12.2 Å². The smallest absolute Gasteiger partial charge is 0.339 e. The van der Waals surface area contributed by atoms with Crippen LogP contribution in [-0.2, 0) is 9.53 Å². The van der Waals surface area contributed by atoms with Gasteiger partial charge < -0.3 is 10.1 Å². The van der Waals surface area contributed by atoms with E-state index in [9.17, 15) is 14.0 Å². The van der Waals surface area contributed by atoms with Gasteiger partial charge in [-0.05, 0) is 43.5 Å². The molecule has 1 amide bonds. The molecule has 0 radical (unpaired) electrons. The zero-order valence-corrected chi connectivity index (χ0v) is 15.3. The Balaban J connectivity index is 1.90. The minimum atomic E-state index is -0.958. The van der Waals surface area contributed by atoms with E-state index in [1.165, 1.54) is 19.1 Å². The van der Waals surface area contributed by atoms with Crippen molar-refractivity contribution in [2.75, 3.05) is 6.54 Å². The first-order valence-electron chi connectivity index (χ1n) is 8.72. The van der Waals surface area contributed by atoms with E-state index in [4.69, 9.17) is 4.74 Å². The molecule has 0 bridgehead atoms. The number of carbonyl (C=O) groups is 2. The Morgan fingerprint density at radius 2 is 1.85 bits per heavy atom. The molecule has 0 saturated carbocycles. The number of hydrogen-bond acceptors (Lipinski definition) is 3. The highest BCUT2D eigenvalue weighted by Crippen LogP contribution is 2.18. The summed E-state index contributed by atoms with van der Waals surface area (Å²) in [6.07, 6.45) is -0.0821. The fourth-order valence-corrected chi connectivity index (χ4v) is 2.59. The third-order valence-electron chi connectivity index (χ3n) is 4.35. The van der Waals surface area contributed by atoms with Crippen LogP contribution in [0.2, 0.25) is 0 Å². The van der Waals surface area contributed by atoms with E-state index >= 15 is 0 Å². The van der Waals surface area contributed by atoms with Crippen molar-refractivity contribution in [1.82, 2.24) is 5.32 Å². The zero-order chi connectivity index (χ0) is 19.1. The van der Waals surface area contributed by atoms with Gasteiger partial charge in [0.25, 0.3) is 5.91 Å². The highest BCUT2D eigenvalue weighted by molar-refractivity contribution is 5.92. The average molecular weight is 357 g/mol. The number of halogens is 1. The molecular formula is C21H24FNO3. The highest BCUT2D eigenvalue weighted by atomic mass is 19.1. The molecule has 0 aliphatic rings. The predicted octanol–water partition coefficient (Wildman–Crippen LogP) is 3.99. The van der Waals surface area contributed by atoms with Crippen LogP contribution in [0.1, 0.15) is 47.7 Å². The van der Waals surface area contributed by atoms with Crippen molar-refractivity contribution in [3.05, 3.63) is 71.0 Å². The van der Waals surface area contributed by atoms with Crippen LogP contribution in [0.3, 0.4) is 0 Å². The molecule has 0 unspecified atom stereocenters. The maximum Gasteiger partial charge on any atom is 0.339 e. The van der Waals surface area contributed by atoms with Gasteiger partial charge >= 0.3 is 5.97 Å². The van der Waals surface area contributed by atoms with Gasteiger partial charge in [0, 0.05) is 12.5 Å². The van der Waals surface area contributed by atoms with Crippen LogP contribution < -0.4 is 5.32 Å². The molecule has 0 fully saturated rings. The lowest BCUT2D eigenvalue weighted by Crippen LogP contribution is -2.38. The first kappa shape index (κ1) is 19.6. The summed E-state index contributed by atoms with van der Waals surface area (Å²) in [5.41, 5.74) is 1.68. The van der Waals surface area contributed by atoms with Gasteiger partial charge in [-0.15, -0.1) is 0 Å². The molecule has 2 atom stereocenters. The average Bonchev–Trinajstić information content (AvgIpc) is 2.65. The Hall–Kier alpha value is -2.69. The van der Waals surface area contributed by atoms with Crippen molar-refractivity contribution < 1.29 is 18.7 Å². The van der Waals surface area contributed by atoms with E-state index < -0.39 is 17.9 Å². The van der Waals surface area contributed by atoms with E-state index in [0.29, 0.717) is 12.1 Å². The van der Waals surface area contributed by atoms with E-state index in [1.54, 1.807) is 6.92 Å². The summed E-state index contributed by atoms with van der Waals surface area (Å²) in [5.74, 6) is -1.39. The van der Waals surface area contributed by atoms with Gasteiger partial charge in [-0.1, -0.05) is 43.3 Å². The molecule has 2 rings (SSSR count). The summed E-state index contributed by atoms with van der Waals surface area (Å²) in [7, 11) is 0. The zero-order valence-electron chi connectivity index (χ0n) is 15.3. The fraction of sp³-hybridized carbons (Fsp3) is 0.333. The normalized spacial score (nSPS) is 12.9. The summed E-state index contributed by atoms with van der Waals surface area (Å²) in [6, 6.07) is 14.0. The second kappa shape index (κ2) is 9.13. The Labute approximate surface area is 153 Å². The number of esters is 1. The Morgan fingerprint density at radius 1 is 1.15 bits per heavy atom. The molecule has 1 N–H and O–H groups in total. The summed E-state index contributed by atoms with van der Waals surface area (Å²) in [6.45, 7) is 5.62. The number of hydrogen-bond donors (Lipinski definition) is 1. The summed E-state index contributed by atoms with van der Waals surface area (Å²) in [5, 5.41) is 2.82. The van der Waals surface area contributed by atoms with Gasteiger partial charge in [0.05, 0.1) is 5.56 Å². The summed E-state index contributed by atoms with van der Waals surface area (Å²) in [4.78, 5) is 24.3. The topological polar surface area (TPSA) is 55.4 Å². The number of amides is 1. The number of aryl methyl sites for hydroxylation is 1. The van der Waals surface area contributed by atoms with Gasteiger partial charge in [0.15, 0.2) is 6.10 Å². The number of ether oxygens (including phenoxy) is 1.